The average Bonchev–Trinajstić information content (AvgIpc) is 2.27. The fourth-order valence-electron chi connectivity index (χ4n) is 1.74. The molecule has 5 nitrogen and oxygen atoms in total. The summed E-state index contributed by atoms with van der Waals surface area (Å²) in [4.78, 5) is 0.611. The summed E-state index contributed by atoms with van der Waals surface area (Å²) < 4.78 is 23.5. The minimum Gasteiger partial charge on any atom is -0.505 e. The van der Waals surface area contributed by atoms with E-state index in [1.807, 2.05) is 0 Å². The first kappa shape index (κ1) is 12.8. The minimum absolute atomic E-state index is 0.0252. The number of nitrogens with one attached hydrogen (secondary N) is 1. The molecular weight excluding hydrogens is 272 g/mol. The van der Waals surface area contributed by atoms with Gasteiger partial charge in [0.25, 0.3) is 0 Å². The van der Waals surface area contributed by atoms with Crippen molar-refractivity contribution < 1.29 is 13.5 Å². The highest BCUT2D eigenvalue weighted by Crippen LogP contribution is 2.39. The third-order valence-electron chi connectivity index (χ3n) is 2.55. The molecule has 0 aliphatic rings. The van der Waals surface area contributed by atoms with Crippen LogP contribution in [-0.2, 0) is 9.84 Å². The zero-order chi connectivity index (χ0) is 13.5. The van der Waals surface area contributed by atoms with Crippen LogP contribution in [0, 0.1) is 5.53 Å². The van der Waals surface area contributed by atoms with E-state index in [1.54, 1.807) is 18.2 Å². The average molecular weight is 282 g/mol. The molecule has 0 aromatic heterocycles. The highest BCUT2D eigenvalue weighted by molar-refractivity contribution is 7.91. The summed E-state index contributed by atoms with van der Waals surface area (Å²) in [7, 11) is -3.48. The van der Waals surface area contributed by atoms with Crippen molar-refractivity contribution in [3.8, 4) is 5.75 Å². The number of hydrogen-bond acceptors (Lipinski definition) is 6. The number of sulfone groups is 1. The number of phenolic OH excluding ortho intramolecular Hbond substituents is 1. The third kappa shape index (κ3) is 2.06. The maximum atomic E-state index is 11.7. The first-order valence-corrected chi connectivity index (χ1v) is 7.24. The van der Waals surface area contributed by atoms with Crippen LogP contribution in [-0.4, -0.2) is 19.8 Å². The first-order valence-electron chi connectivity index (χ1n) is 4.91. The summed E-state index contributed by atoms with van der Waals surface area (Å²) in [5.41, 5.74) is 6.88. The molecule has 0 radical (unpaired) electrons. The van der Waals surface area contributed by atoms with Gasteiger partial charge in [0.15, 0.2) is 15.6 Å². The smallest absolute Gasteiger partial charge is 0.176 e. The molecule has 0 saturated heterocycles. The first-order chi connectivity index (χ1) is 8.34. The fraction of sp³-hybridized carbons (Fsp3) is 0.0909. The number of hydrogen-bond donors (Lipinski definition) is 3. The van der Waals surface area contributed by atoms with E-state index in [0.29, 0.717) is 15.7 Å². The van der Waals surface area contributed by atoms with Gasteiger partial charge in [-0.25, -0.2) is 13.9 Å². The Hall–Kier alpha value is -1.60. The number of rotatable bonds is 2. The molecule has 7 heteroatoms. The molecule has 0 amide bonds. The van der Waals surface area contributed by atoms with E-state index in [-0.39, 0.29) is 16.3 Å². The summed E-state index contributed by atoms with van der Waals surface area (Å²) in [6.45, 7) is 0. The second kappa shape index (κ2) is 4.25. The summed E-state index contributed by atoms with van der Waals surface area (Å²) in [6, 6.07) is 5.93. The molecule has 0 aliphatic heterocycles. The number of nitrogens with zero attached hydrogens (tertiary/aromatic N) is 1. The Morgan fingerprint density at radius 3 is 2.50 bits per heavy atom. The highest BCUT2D eigenvalue weighted by atomic mass is 32.2. The number of benzene rings is 2. The molecule has 2 rings (SSSR count). The van der Waals surface area contributed by atoms with Crippen molar-refractivity contribution in [2.24, 2.45) is 5.11 Å². The number of phenols is 1. The molecule has 0 atom stereocenters. The van der Waals surface area contributed by atoms with E-state index < -0.39 is 9.84 Å². The molecule has 2 N–H and O–H groups in total. The van der Waals surface area contributed by atoms with Crippen molar-refractivity contribution in [1.29, 1.82) is 5.53 Å². The summed E-state index contributed by atoms with van der Waals surface area (Å²) in [5, 5.41) is 13.7. The topological polar surface area (TPSA) is 90.6 Å². The van der Waals surface area contributed by atoms with E-state index in [0.717, 1.165) is 6.26 Å². The van der Waals surface area contributed by atoms with Gasteiger partial charge >= 0.3 is 0 Å². The van der Waals surface area contributed by atoms with E-state index in [4.69, 9.17) is 5.53 Å². The summed E-state index contributed by atoms with van der Waals surface area (Å²) >= 11 is 4.15. The molecule has 0 unspecified atom stereocenters. The number of fused-ring (bicyclic) bond motifs is 1. The SMILES string of the molecule is CS(=O)(=O)c1cc(N=N)c(O)c2ccc(S)cc12. The maximum Gasteiger partial charge on any atom is 0.176 e. The fourth-order valence-corrected chi connectivity index (χ4v) is 2.84. The lowest BCUT2D eigenvalue weighted by Crippen LogP contribution is -1.98. The van der Waals surface area contributed by atoms with Gasteiger partial charge in [0.1, 0.15) is 5.69 Å². The quantitative estimate of drug-likeness (QED) is 0.584. The minimum atomic E-state index is -3.48. The van der Waals surface area contributed by atoms with Gasteiger partial charge in [0, 0.05) is 21.9 Å². The molecule has 0 bridgehead atoms. The Labute approximate surface area is 109 Å². The van der Waals surface area contributed by atoms with Crippen molar-refractivity contribution in [2.45, 2.75) is 9.79 Å². The molecule has 94 valence electrons. The third-order valence-corrected chi connectivity index (χ3v) is 3.97. The molecule has 0 aliphatic carbocycles. The molecule has 0 saturated carbocycles. The summed E-state index contributed by atoms with van der Waals surface area (Å²) in [5.74, 6) is -0.208. The zero-order valence-corrected chi connectivity index (χ0v) is 11.1. The number of aromatic hydroxyl groups is 1. The van der Waals surface area contributed by atoms with Gasteiger partial charge in [-0.1, -0.05) is 0 Å². The van der Waals surface area contributed by atoms with Gasteiger partial charge in [0.2, 0.25) is 0 Å². The van der Waals surface area contributed by atoms with Crippen LogP contribution in [0.1, 0.15) is 0 Å². The Bertz CT molecular complexity index is 754. The Balaban J connectivity index is 3.05. The predicted octanol–water partition coefficient (Wildman–Crippen LogP) is 2.90. The molecule has 0 spiro atoms. The zero-order valence-electron chi connectivity index (χ0n) is 9.38. The Kier molecular flexibility index (Phi) is 3.04. The van der Waals surface area contributed by atoms with Gasteiger partial charge in [-0.15, -0.1) is 12.6 Å². The molecule has 2 aromatic carbocycles. The van der Waals surface area contributed by atoms with Crippen molar-refractivity contribution in [3.05, 3.63) is 24.3 Å². The van der Waals surface area contributed by atoms with Crippen LogP contribution in [0.4, 0.5) is 5.69 Å². The molecular formula is C11H10N2O3S2. The maximum absolute atomic E-state index is 11.7. The van der Waals surface area contributed by atoms with E-state index in [2.05, 4.69) is 17.7 Å². The lowest BCUT2D eigenvalue weighted by Gasteiger charge is -2.09. The molecule has 18 heavy (non-hydrogen) atoms. The van der Waals surface area contributed by atoms with E-state index in [1.165, 1.54) is 6.07 Å². The van der Waals surface area contributed by atoms with Gasteiger partial charge in [-0.3, -0.25) is 0 Å². The van der Waals surface area contributed by atoms with E-state index in [9.17, 15) is 13.5 Å². The van der Waals surface area contributed by atoms with E-state index >= 15 is 0 Å². The summed E-state index contributed by atoms with van der Waals surface area (Å²) in [6.07, 6.45) is 1.07. The van der Waals surface area contributed by atoms with Crippen LogP contribution in [0.25, 0.3) is 10.8 Å². The van der Waals surface area contributed by atoms with Crippen LogP contribution in [0.2, 0.25) is 0 Å². The van der Waals surface area contributed by atoms with Gasteiger partial charge < -0.3 is 5.11 Å². The van der Waals surface area contributed by atoms with Crippen LogP contribution in [0.15, 0.2) is 39.2 Å². The molecule has 0 fully saturated rings. The standard InChI is InChI=1S/C11H10N2O3S2/c1-18(15,16)10-5-9(13-12)11(14)7-3-2-6(17)4-8(7)10/h2-5,12,14,17H,1H3. The monoisotopic (exact) mass is 282 g/mol. The normalized spacial score (nSPS) is 11.7. The Morgan fingerprint density at radius 2 is 1.94 bits per heavy atom. The number of thiol groups is 1. The van der Waals surface area contributed by atoms with Gasteiger partial charge in [-0.2, -0.15) is 5.11 Å². The van der Waals surface area contributed by atoms with Gasteiger partial charge in [0.05, 0.1) is 4.90 Å². The van der Waals surface area contributed by atoms with Crippen LogP contribution in [0.3, 0.4) is 0 Å². The lowest BCUT2D eigenvalue weighted by atomic mass is 10.1. The second-order valence-corrected chi connectivity index (χ2v) is 6.36. The van der Waals surface area contributed by atoms with Crippen molar-refractivity contribution in [2.75, 3.05) is 6.26 Å². The van der Waals surface area contributed by atoms with Crippen LogP contribution in [0.5, 0.6) is 5.75 Å². The predicted molar refractivity (Wildman–Crippen MR) is 70.8 cm³/mol. The highest BCUT2D eigenvalue weighted by Gasteiger charge is 2.17. The second-order valence-electron chi connectivity index (χ2n) is 3.86. The molecule has 0 heterocycles. The van der Waals surface area contributed by atoms with Gasteiger partial charge in [-0.05, 0) is 24.3 Å². The lowest BCUT2D eigenvalue weighted by molar-refractivity contribution is 0.482. The Morgan fingerprint density at radius 1 is 1.28 bits per heavy atom. The van der Waals surface area contributed by atoms with Crippen molar-refractivity contribution in [1.82, 2.24) is 0 Å². The van der Waals surface area contributed by atoms with Crippen LogP contribution < -0.4 is 0 Å². The molecule has 2 aromatic rings. The van der Waals surface area contributed by atoms with Crippen LogP contribution >= 0.6 is 12.6 Å². The van der Waals surface area contributed by atoms with Crippen molar-refractivity contribution >= 4 is 38.9 Å². The largest absolute Gasteiger partial charge is 0.505 e. The van der Waals surface area contributed by atoms with Crippen molar-refractivity contribution in [3.63, 3.8) is 0 Å².